The molecule has 0 aromatic carbocycles. The van der Waals surface area contributed by atoms with Gasteiger partial charge in [0.15, 0.2) is 16.9 Å². The largest absolute Gasteiger partial charge is 1.00 e. The molecule has 24 heavy (non-hydrogen) atoms. The molecule has 0 aliphatic carbocycles. The molecule has 0 spiro atoms. The van der Waals surface area contributed by atoms with Gasteiger partial charge in [-0.1, -0.05) is 36.5 Å². The van der Waals surface area contributed by atoms with Crippen molar-refractivity contribution in [1.29, 1.82) is 0 Å². The second-order valence-electron chi connectivity index (χ2n) is 4.31. The van der Waals surface area contributed by atoms with Crippen LogP contribution in [0.4, 0.5) is 0 Å². The first-order valence-electron chi connectivity index (χ1n) is 6.20. The predicted octanol–water partition coefficient (Wildman–Crippen LogP) is -3.51. The number of nitrogens with one attached hydrogen (secondary N) is 3. The molecule has 0 radical (unpaired) electrons. The maximum Gasteiger partial charge on any atom is 1.00 e. The zero-order chi connectivity index (χ0) is 17.0. The van der Waals surface area contributed by atoms with Crippen molar-refractivity contribution in [3.8, 4) is 0 Å². The van der Waals surface area contributed by atoms with E-state index in [-0.39, 0.29) is 45.4 Å². The summed E-state index contributed by atoms with van der Waals surface area (Å²) >= 11 is 9.28. The summed E-state index contributed by atoms with van der Waals surface area (Å²) in [6, 6.07) is 0. The molecular weight excluding hydrogens is 363 g/mol. The van der Waals surface area contributed by atoms with Crippen LogP contribution in [0.5, 0.6) is 0 Å². The number of allylic oxidation sites excluding steroid dienone is 4. The van der Waals surface area contributed by atoms with Gasteiger partial charge in [-0.25, -0.2) is 0 Å². The Bertz CT molecular complexity index is 687. The minimum Gasteiger partial charge on any atom is -0.418 e. The molecule has 11 heteroatoms. The van der Waals surface area contributed by atoms with Gasteiger partial charge < -0.3 is 10.6 Å². The van der Waals surface area contributed by atoms with Crippen LogP contribution in [-0.4, -0.2) is 33.9 Å². The van der Waals surface area contributed by atoms with Gasteiger partial charge in [-0.3, -0.25) is 29.8 Å². The van der Waals surface area contributed by atoms with E-state index < -0.39 is 29.5 Å². The first-order valence-corrected chi connectivity index (χ1v) is 7.02. The molecule has 0 aromatic heterocycles. The summed E-state index contributed by atoms with van der Waals surface area (Å²) in [5, 5.41) is 10.1. The summed E-state index contributed by atoms with van der Waals surface area (Å²) < 4.78 is 0. The minimum absolute atomic E-state index is 0. The quantitative estimate of drug-likeness (QED) is 0.118. The van der Waals surface area contributed by atoms with Crippen LogP contribution in [0.2, 0.25) is 0 Å². The fraction of sp³-hybridized carbons (Fsp3) is 0.0769. The summed E-state index contributed by atoms with van der Waals surface area (Å²) in [6.45, 7) is 0. The van der Waals surface area contributed by atoms with E-state index in [4.69, 9.17) is 0 Å². The molecule has 2 heterocycles. The molecule has 1 atom stereocenters. The van der Waals surface area contributed by atoms with Gasteiger partial charge >= 0.3 is 29.6 Å². The second-order valence-corrected chi connectivity index (χ2v) is 5.10. The summed E-state index contributed by atoms with van der Waals surface area (Å²) in [6.07, 6.45) is 6.89. The van der Waals surface area contributed by atoms with E-state index in [1.807, 2.05) is 0 Å². The van der Waals surface area contributed by atoms with E-state index in [0.29, 0.717) is 0 Å². The molecule has 3 N–H and O–H groups in total. The fourth-order valence-electron chi connectivity index (χ4n) is 1.68. The van der Waals surface area contributed by atoms with Crippen molar-refractivity contribution in [3.05, 3.63) is 41.3 Å². The Labute approximate surface area is 169 Å². The Kier molecular flexibility index (Phi) is 7.58. The van der Waals surface area contributed by atoms with Gasteiger partial charge in [0.2, 0.25) is 0 Å². The molecule has 2 rings (SSSR count). The van der Waals surface area contributed by atoms with Crippen LogP contribution in [0.1, 0.15) is 0 Å². The molecule has 0 bridgehead atoms. The molecule has 2 saturated heterocycles. The van der Waals surface area contributed by atoms with E-state index in [2.05, 4.69) is 45.7 Å². The summed E-state index contributed by atoms with van der Waals surface area (Å²) in [5.41, 5.74) is -0.116. The number of hydrogen-bond donors (Lipinski definition) is 3. The number of hydrogen-bond acceptors (Lipinski definition) is 6. The Morgan fingerprint density at radius 2 is 1.54 bits per heavy atom. The Morgan fingerprint density at radius 3 is 2.12 bits per heavy atom. The van der Waals surface area contributed by atoms with E-state index in [0.717, 1.165) is 0 Å². The number of rotatable bonds is 3. The van der Waals surface area contributed by atoms with Crippen LogP contribution in [0.25, 0.3) is 5.32 Å². The van der Waals surface area contributed by atoms with Crippen molar-refractivity contribution in [1.82, 2.24) is 16.0 Å². The Hall–Kier alpha value is -1.72. The Morgan fingerprint density at radius 1 is 0.917 bits per heavy atom. The molecule has 8 nitrogen and oxygen atoms in total. The van der Waals surface area contributed by atoms with Crippen molar-refractivity contribution >= 4 is 58.3 Å². The van der Waals surface area contributed by atoms with E-state index in [1.54, 1.807) is 0 Å². The van der Waals surface area contributed by atoms with Crippen LogP contribution >= 0.6 is 24.4 Å². The van der Waals surface area contributed by atoms with Crippen molar-refractivity contribution < 1.29 is 48.7 Å². The molecule has 0 aromatic rings. The van der Waals surface area contributed by atoms with E-state index in [9.17, 15) is 19.2 Å². The average molecular weight is 372 g/mol. The molecule has 2 aliphatic rings. The van der Waals surface area contributed by atoms with Gasteiger partial charge in [-0.15, -0.1) is 0 Å². The van der Waals surface area contributed by atoms with Crippen molar-refractivity contribution in [3.63, 3.8) is 0 Å². The van der Waals surface area contributed by atoms with Crippen molar-refractivity contribution in [2.75, 3.05) is 0 Å². The monoisotopic (exact) mass is 372 g/mol. The molecule has 4 amide bonds. The summed E-state index contributed by atoms with van der Waals surface area (Å²) in [7, 11) is 0. The van der Waals surface area contributed by atoms with Crippen molar-refractivity contribution in [2.45, 2.75) is 0 Å². The first kappa shape index (κ1) is 20.3. The zero-order valence-electron chi connectivity index (χ0n) is 12.4. The van der Waals surface area contributed by atoms with Gasteiger partial charge in [0.1, 0.15) is 5.57 Å². The van der Waals surface area contributed by atoms with Crippen LogP contribution < -0.4 is 45.5 Å². The molecule has 118 valence electrons. The van der Waals surface area contributed by atoms with Gasteiger partial charge in [0, 0.05) is 5.11 Å². The first-order chi connectivity index (χ1) is 10.9. The summed E-state index contributed by atoms with van der Waals surface area (Å²) in [5.74, 6) is -3.49. The third-order valence-corrected chi connectivity index (χ3v) is 3.12. The predicted molar refractivity (Wildman–Crippen MR) is 87.8 cm³/mol. The molecular formula is C13H9N4NaO4S2. The molecule has 0 saturated carbocycles. The Balaban J connectivity index is 0.00000288. The zero-order valence-corrected chi connectivity index (χ0v) is 16.0. The van der Waals surface area contributed by atoms with E-state index >= 15 is 0 Å². The smallest absolute Gasteiger partial charge is 0.418 e. The summed E-state index contributed by atoms with van der Waals surface area (Å²) in [4.78, 5) is 46.2. The fourth-order valence-corrected chi connectivity index (χ4v) is 2.06. The van der Waals surface area contributed by atoms with Crippen LogP contribution in [0.3, 0.4) is 0 Å². The van der Waals surface area contributed by atoms with Gasteiger partial charge in [-0.2, -0.15) is 0 Å². The number of thiocarbonyl (C=S) groups is 2. The molecule has 2 fully saturated rings. The van der Waals surface area contributed by atoms with Gasteiger partial charge in [-0.05, 0) is 18.3 Å². The number of carbonyl (C=O) groups excluding carboxylic acids is 4. The minimum atomic E-state index is -1.06. The normalized spacial score (nSPS) is 21.2. The van der Waals surface area contributed by atoms with Crippen LogP contribution in [0, 0.1) is 5.92 Å². The number of carbonyl (C=O) groups is 4. The van der Waals surface area contributed by atoms with E-state index in [1.165, 1.54) is 30.4 Å². The van der Waals surface area contributed by atoms with Crippen molar-refractivity contribution in [2.24, 2.45) is 5.92 Å². The SMILES string of the molecule is O=C1NC(=S)NC(=O)C1=CC=CC=CC1C(=O)[N-]C(=S)NC1=O.[Na+]. The van der Waals surface area contributed by atoms with Gasteiger partial charge in [0.25, 0.3) is 11.8 Å². The second kappa shape index (κ2) is 8.94. The number of nitrogens with zero attached hydrogens (tertiary/aromatic N) is 1. The molecule has 2 aliphatic heterocycles. The standard InChI is InChI=1S/C13H10N4O4S2.Na/c18-8-6(9(19)15-12(22)14-8)4-2-1-3-5-7-10(20)16-13(23)17-11(7)21;/h1-6H,(H4,14,15,16,17,18,19,20,21,22,23);/q;+1/p-1. The third kappa shape index (κ3) is 5.14. The maximum absolute atomic E-state index is 11.6. The average Bonchev–Trinajstić information content (AvgIpc) is 2.42. The maximum atomic E-state index is 11.6. The third-order valence-electron chi connectivity index (χ3n) is 2.72. The number of amides is 4. The van der Waals surface area contributed by atoms with Gasteiger partial charge in [0.05, 0.1) is 5.92 Å². The topological polar surface area (TPSA) is 118 Å². The van der Waals surface area contributed by atoms with Crippen LogP contribution in [-0.2, 0) is 19.2 Å². The van der Waals surface area contributed by atoms with Crippen LogP contribution in [0.15, 0.2) is 36.0 Å². The molecule has 1 unspecified atom stereocenters.